The number of hydrogen-bond donors (Lipinski definition) is 0. The Morgan fingerprint density at radius 1 is 1.35 bits per heavy atom. The fraction of sp³-hybridized carbons (Fsp3) is 0.333. The molecule has 0 fully saturated rings. The molecule has 0 amide bonds. The van der Waals surface area contributed by atoms with Crippen LogP contribution in [-0.2, 0) is 21.0 Å². The lowest BCUT2D eigenvalue weighted by Gasteiger charge is -2.02. The van der Waals surface area contributed by atoms with Crippen molar-refractivity contribution in [2.75, 3.05) is 7.11 Å². The summed E-state index contributed by atoms with van der Waals surface area (Å²) in [7, 11) is 1.34. The molecule has 4 nitrogen and oxygen atoms in total. The van der Waals surface area contributed by atoms with Crippen molar-refractivity contribution in [2.45, 2.75) is 20.0 Å². The first-order chi connectivity index (χ1) is 8.11. The molecule has 0 saturated heterocycles. The average Bonchev–Trinajstić information content (AvgIpc) is 2.31. The van der Waals surface area contributed by atoms with Crippen molar-refractivity contribution < 1.29 is 14.4 Å². The van der Waals surface area contributed by atoms with Crippen LogP contribution in [0.1, 0.15) is 18.9 Å². The van der Waals surface area contributed by atoms with E-state index in [4.69, 9.17) is 16.4 Å². The zero-order valence-corrected chi connectivity index (χ0v) is 10.5. The molecule has 1 rings (SSSR count). The summed E-state index contributed by atoms with van der Waals surface area (Å²) in [6, 6.07) is 7.28. The fourth-order valence-electron chi connectivity index (χ4n) is 1.11. The molecule has 0 radical (unpaired) electrons. The lowest BCUT2D eigenvalue weighted by Crippen LogP contribution is -2.06. The minimum atomic E-state index is -0.332. The number of methoxy groups -OCH3 is 1. The first-order valence-corrected chi connectivity index (χ1v) is 5.46. The van der Waals surface area contributed by atoms with E-state index in [1.807, 2.05) is 12.1 Å². The van der Waals surface area contributed by atoms with Crippen molar-refractivity contribution >= 4 is 23.3 Å². The van der Waals surface area contributed by atoms with E-state index in [-0.39, 0.29) is 12.4 Å². The summed E-state index contributed by atoms with van der Waals surface area (Å²) in [6.07, 6.45) is 0.136. The van der Waals surface area contributed by atoms with Gasteiger partial charge in [-0.3, -0.25) is 4.79 Å². The van der Waals surface area contributed by atoms with Crippen LogP contribution in [0.3, 0.4) is 0 Å². The van der Waals surface area contributed by atoms with Gasteiger partial charge in [0, 0.05) is 5.02 Å². The van der Waals surface area contributed by atoms with E-state index in [1.54, 1.807) is 19.1 Å². The zero-order chi connectivity index (χ0) is 12.7. The quantitative estimate of drug-likeness (QED) is 0.462. The van der Waals surface area contributed by atoms with Crippen molar-refractivity contribution in [3.8, 4) is 0 Å². The monoisotopic (exact) mass is 255 g/mol. The van der Waals surface area contributed by atoms with Gasteiger partial charge >= 0.3 is 5.97 Å². The Morgan fingerprint density at radius 2 is 2.00 bits per heavy atom. The summed E-state index contributed by atoms with van der Waals surface area (Å²) in [5.41, 5.74) is 1.54. The number of nitrogens with zero attached hydrogens (tertiary/aromatic N) is 1. The maximum atomic E-state index is 10.9. The summed E-state index contributed by atoms with van der Waals surface area (Å²) >= 11 is 5.75. The highest BCUT2D eigenvalue weighted by atomic mass is 35.5. The molecular formula is C12H14ClNO3. The van der Waals surface area contributed by atoms with Gasteiger partial charge in [-0.15, -0.1) is 0 Å². The molecule has 0 aliphatic rings. The van der Waals surface area contributed by atoms with Crippen molar-refractivity contribution in [1.29, 1.82) is 0 Å². The van der Waals surface area contributed by atoms with E-state index in [0.29, 0.717) is 17.3 Å². The van der Waals surface area contributed by atoms with Crippen molar-refractivity contribution in [2.24, 2.45) is 5.16 Å². The van der Waals surface area contributed by atoms with Gasteiger partial charge in [0.05, 0.1) is 19.2 Å². The van der Waals surface area contributed by atoms with Gasteiger partial charge in [0.2, 0.25) is 0 Å². The van der Waals surface area contributed by atoms with E-state index >= 15 is 0 Å². The fourth-order valence-corrected chi connectivity index (χ4v) is 1.24. The molecule has 0 aliphatic carbocycles. The minimum absolute atomic E-state index is 0.136. The second kappa shape index (κ2) is 6.91. The van der Waals surface area contributed by atoms with Gasteiger partial charge in [0.1, 0.15) is 6.61 Å². The average molecular weight is 256 g/mol. The highest BCUT2D eigenvalue weighted by molar-refractivity contribution is 6.30. The first-order valence-electron chi connectivity index (χ1n) is 5.08. The number of ether oxygens (including phenoxy) is 1. The highest BCUT2D eigenvalue weighted by Gasteiger charge is 2.02. The molecule has 0 aliphatic heterocycles. The van der Waals surface area contributed by atoms with Crippen LogP contribution in [0.5, 0.6) is 0 Å². The normalized spacial score (nSPS) is 11.1. The molecule has 0 atom stereocenters. The van der Waals surface area contributed by atoms with Crippen molar-refractivity contribution in [3.05, 3.63) is 34.9 Å². The van der Waals surface area contributed by atoms with Gasteiger partial charge in [-0.25, -0.2) is 0 Å². The van der Waals surface area contributed by atoms with Gasteiger partial charge in [-0.05, 0) is 24.6 Å². The molecule has 92 valence electrons. The highest BCUT2D eigenvalue weighted by Crippen LogP contribution is 2.10. The molecule has 0 saturated carbocycles. The number of carbonyl (C=O) groups excluding carboxylic acids is 1. The Balaban J connectivity index is 2.38. The molecular weight excluding hydrogens is 242 g/mol. The minimum Gasteiger partial charge on any atom is -0.469 e. The summed E-state index contributed by atoms with van der Waals surface area (Å²) in [5, 5.41) is 4.49. The lowest BCUT2D eigenvalue weighted by molar-refractivity contribution is -0.139. The van der Waals surface area contributed by atoms with Crippen molar-refractivity contribution in [3.63, 3.8) is 0 Å². The zero-order valence-electron chi connectivity index (χ0n) is 9.77. The Hall–Kier alpha value is -1.55. The molecule has 0 bridgehead atoms. The Morgan fingerprint density at radius 3 is 2.59 bits per heavy atom. The van der Waals surface area contributed by atoms with E-state index in [2.05, 4.69) is 9.89 Å². The SMILES string of the molecule is COC(=O)CC(C)=NOCc1ccc(Cl)cc1. The third kappa shape index (κ3) is 5.36. The molecule has 5 heteroatoms. The number of benzene rings is 1. The Labute approximate surface area is 105 Å². The van der Waals surface area contributed by atoms with Gasteiger partial charge < -0.3 is 9.57 Å². The van der Waals surface area contributed by atoms with Gasteiger partial charge in [-0.1, -0.05) is 28.9 Å². The number of carbonyl (C=O) groups is 1. The maximum Gasteiger partial charge on any atom is 0.311 e. The van der Waals surface area contributed by atoms with E-state index in [1.165, 1.54) is 7.11 Å². The van der Waals surface area contributed by atoms with Crippen LogP contribution in [0.2, 0.25) is 5.02 Å². The van der Waals surface area contributed by atoms with Gasteiger partial charge in [-0.2, -0.15) is 0 Å². The molecule has 1 aromatic carbocycles. The standard InChI is InChI=1S/C12H14ClNO3/c1-9(7-12(15)16-2)14-17-8-10-3-5-11(13)6-4-10/h3-6H,7-8H2,1-2H3. The Kier molecular flexibility index (Phi) is 5.49. The predicted molar refractivity (Wildman–Crippen MR) is 66.0 cm³/mol. The number of esters is 1. The lowest BCUT2D eigenvalue weighted by atomic mass is 10.2. The molecule has 0 spiro atoms. The number of hydrogen-bond acceptors (Lipinski definition) is 4. The maximum absolute atomic E-state index is 10.9. The molecule has 0 N–H and O–H groups in total. The Bertz CT molecular complexity index is 401. The van der Waals surface area contributed by atoms with Crippen LogP contribution in [-0.4, -0.2) is 18.8 Å². The number of rotatable bonds is 5. The molecule has 0 unspecified atom stereocenters. The van der Waals surface area contributed by atoms with Crippen LogP contribution >= 0.6 is 11.6 Å². The molecule has 0 heterocycles. The number of oxime groups is 1. The molecule has 17 heavy (non-hydrogen) atoms. The van der Waals surface area contributed by atoms with Crippen LogP contribution in [0.15, 0.2) is 29.4 Å². The largest absolute Gasteiger partial charge is 0.469 e. The first kappa shape index (κ1) is 13.5. The van der Waals surface area contributed by atoms with Gasteiger partial charge in [0.15, 0.2) is 0 Å². The number of halogens is 1. The van der Waals surface area contributed by atoms with Crippen LogP contribution in [0.4, 0.5) is 0 Å². The predicted octanol–water partition coefficient (Wildman–Crippen LogP) is 2.80. The molecule has 0 aromatic heterocycles. The van der Waals surface area contributed by atoms with E-state index < -0.39 is 0 Å². The third-order valence-electron chi connectivity index (χ3n) is 1.99. The second-order valence-electron chi connectivity index (χ2n) is 3.48. The summed E-state index contributed by atoms with van der Waals surface area (Å²) < 4.78 is 4.51. The summed E-state index contributed by atoms with van der Waals surface area (Å²) in [4.78, 5) is 16.0. The van der Waals surface area contributed by atoms with E-state index in [0.717, 1.165) is 5.56 Å². The summed E-state index contributed by atoms with van der Waals surface area (Å²) in [5.74, 6) is -0.332. The van der Waals surface area contributed by atoms with Crippen LogP contribution in [0.25, 0.3) is 0 Å². The topological polar surface area (TPSA) is 47.9 Å². The van der Waals surface area contributed by atoms with Crippen LogP contribution < -0.4 is 0 Å². The third-order valence-corrected chi connectivity index (χ3v) is 2.24. The van der Waals surface area contributed by atoms with E-state index in [9.17, 15) is 4.79 Å². The van der Waals surface area contributed by atoms with Crippen LogP contribution in [0, 0.1) is 0 Å². The van der Waals surface area contributed by atoms with Gasteiger partial charge in [0.25, 0.3) is 0 Å². The summed E-state index contributed by atoms with van der Waals surface area (Å²) in [6.45, 7) is 2.05. The van der Waals surface area contributed by atoms with Crippen molar-refractivity contribution in [1.82, 2.24) is 0 Å². The second-order valence-corrected chi connectivity index (χ2v) is 3.92. The smallest absolute Gasteiger partial charge is 0.311 e. The molecule has 1 aromatic rings.